The first kappa shape index (κ1) is 13.2. The Morgan fingerprint density at radius 3 is 2.48 bits per heavy atom. The van der Waals surface area contributed by atoms with Crippen LogP contribution in [0.4, 0.5) is 8.78 Å². The fraction of sp³-hybridized carbons (Fsp3) is 0.0714. The molecule has 0 N–H and O–H groups in total. The summed E-state index contributed by atoms with van der Waals surface area (Å²) in [5, 5.41) is 3.94. The Bertz CT molecular complexity index is 878. The van der Waals surface area contributed by atoms with Gasteiger partial charge < -0.3 is 0 Å². The highest BCUT2D eigenvalue weighted by molar-refractivity contribution is 5.96. The predicted octanol–water partition coefficient (Wildman–Crippen LogP) is 1.66. The van der Waals surface area contributed by atoms with Crippen LogP contribution in [-0.2, 0) is 6.54 Å². The Hall–Kier alpha value is -2.83. The second-order valence-corrected chi connectivity index (χ2v) is 4.39. The molecule has 0 unspecified atom stereocenters. The average Bonchev–Trinajstić information content (AvgIpc) is 2.76. The van der Waals surface area contributed by atoms with Gasteiger partial charge in [-0.1, -0.05) is 12.1 Å². The first-order valence-corrected chi connectivity index (χ1v) is 6.09. The van der Waals surface area contributed by atoms with Gasteiger partial charge in [-0.05, 0) is 24.3 Å². The lowest BCUT2D eigenvalue weighted by atomic mass is 10.1. The number of carbonyl (C=O) groups excluding carboxylic acids is 1. The van der Waals surface area contributed by atoms with Crippen LogP contribution < -0.4 is 5.69 Å². The zero-order valence-electron chi connectivity index (χ0n) is 10.7. The van der Waals surface area contributed by atoms with E-state index in [2.05, 4.69) is 5.10 Å². The number of benzene rings is 1. The highest BCUT2D eigenvalue weighted by Gasteiger charge is 2.19. The Labute approximate surface area is 117 Å². The number of nitrogens with zero attached hydrogens (tertiary/aromatic N) is 3. The van der Waals surface area contributed by atoms with Crippen LogP contribution in [0, 0.1) is 11.6 Å². The number of aromatic nitrogens is 3. The van der Waals surface area contributed by atoms with Gasteiger partial charge in [0.25, 0.3) is 0 Å². The van der Waals surface area contributed by atoms with E-state index in [-0.39, 0.29) is 0 Å². The van der Waals surface area contributed by atoms with E-state index in [1.807, 2.05) is 0 Å². The van der Waals surface area contributed by atoms with E-state index >= 15 is 0 Å². The molecule has 0 spiro atoms. The van der Waals surface area contributed by atoms with E-state index in [1.54, 1.807) is 18.2 Å². The largest absolute Gasteiger partial charge is 0.350 e. The third kappa shape index (κ3) is 2.22. The summed E-state index contributed by atoms with van der Waals surface area (Å²) in [5.41, 5.74) is -0.860. The fourth-order valence-electron chi connectivity index (χ4n) is 2.05. The van der Waals surface area contributed by atoms with Crippen molar-refractivity contribution in [3.8, 4) is 0 Å². The monoisotopic (exact) mass is 289 g/mol. The Balaban J connectivity index is 2.01. The van der Waals surface area contributed by atoms with Crippen molar-refractivity contribution < 1.29 is 13.6 Å². The second-order valence-electron chi connectivity index (χ2n) is 4.39. The van der Waals surface area contributed by atoms with Crippen molar-refractivity contribution in [3.63, 3.8) is 0 Å². The minimum Gasteiger partial charge on any atom is -0.292 e. The molecule has 0 saturated carbocycles. The van der Waals surface area contributed by atoms with Gasteiger partial charge in [0.1, 0.15) is 18.2 Å². The first-order chi connectivity index (χ1) is 10.1. The first-order valence-electron chi connectivity index (χ1n) is 6.09. The third-order valence-corrected chi connectivity index (χ3v) is 3.02. The quantitative estimate of drug-likeness (QED) is 0.689. The SMILES string of the molecule is O=C(Cn1nc2ccccn2c1=O)c1c(F)cccc1F. The summed E-state index contributed by atoms with van der Waals surface area (Å²) in [6, 6.07) is 8.05. The highest BCUT2D eigenvalue weighted by atomic mass is 19.1. The van der Waals surface area contributed by atoms with Gasteiger partial charge in [0.05, 0.1) is 5.56 Å². The number of fused-ring (bicyclic) bond motifs is 1. The lowest BCUT2D eigenvalue weighted by Gasteiger charge is -2.03. The molecule has 21 heavy (non-hydrogen) atoms. The van der Waals surface area contributed by atoms with Gasteiger partial charge in [-0.25, -0.2) is 18.3 Å². The lowest BCUT2D eigenvalue weighted by Crippen LogP contribution is -2.25. The summed E-state index contributed by atoms with van der Waals surface area (Å²) in [6.07, 6.45) is 1.50. The van der Waals surface area contributed by atoms with Crippen molar-refractivity contribution >= 4 is 11.4 Å². The maximum atomic E-state index is 13.5. The van der Waals surface area contributed by atoms with E-state index in [0.29, 0.717) is 5.65 Å². The van der Waals surface area contributed by atoms with E-state index in [0.717, 1.165) is 16.8 Å². The zero-order valence-corrected chi connectivity index (χ0v) is 10.7. The normalized spacial score (nSPS) is 11.0. The van der Waals surface area contributed by atoms with Gasteiger partial charge in [-0.2, -0.15) is 0 Å². The molecule has 3 aromatic rings. The van der Waals surface area contributed by atoms with Gasteiger partial charge in [-0.3, -0.25) is 9.20 Å². The predicted molar refractivity (Wildman–Crippen MR) is 70.1 cm³/mol. The van der Waals surface area contributed by atoms with Gasteiger partial charge >= 0.3 is 5.69 Å². The van der Waals surface area contributed by atoms with Crippen molar-refractivity contribution in [1.82, 2.24) is 14.2 Å². The molecule has 0 fully saturated rings. The van der Waals surface area contributed by atoms with Crippen LogP contribution in [-0.4, -0.2) is 20.0 Å². The van der Waals surface area contributed by atoms with Crippen LogP contribution in [0.2, 0.25) is 0 Å². The summed E-state index contributed by atoms with van der Waals surface area (Å²) in [4.78, 5) is 24.0. The molecule has 0 aliphatic carbocycles. The smallest absolute Gasteiger partial charge is 0.292 e. The minimum absolute atomic E-state index is 0.351. The topological polar surface area (TPSA) is 56.4 Å². The number of carbonyl (C=O) groups is 1. The van der Waals surface area contributed by atoms with Gasteiger partial charge in [-0.15, -0.1) is 5.10 Å². The summed E-state index contributed by atoms with van der Waals surface area (Å²) in [7, 11) is 0. The molecular formula is C14H9F2N3O2. The molecule has 0 radical (unpaired) electrons. The van der Waals surface area contributed by atoms with Crippen LogP contribution in [0.15, 0.2) is 47.4 Å². The number of rotatable bonds is 3. The van der Waals surface area contributed by atoms with E-state index < -0.39 is 35.2 Å². The van der Waals surface area contributed by atoms with Crippen molar-refractivity contribution in [2.45, 2.75) is 6.54 Å². The summed E-state index contributed by atoms with van der Waals surface area (Å²) >= 11 is 0. The number of hydrogen-bond donors (Lipinski definition) is 0. The van der Waals surface area contributed by atoms with E-state index in [4.69, 9.17) is 0 Å². The zero-order chi connectivity index (χ0) is 15.0. The minimum atomic E-state index is -0.961. The number of halogens is 2. The van der Waals surface area contributed by atoms with Crippen LogP contribution in [0.1, 0.15) is 10.4 Å². The van der Waals surface area contributed by atoms with Crippen molar-refractivity contribution in [3.05, 3.63) is 70.3 Å². The summed E-state index contributed by atoms with van der Waals surface area (Å²) in [5.74, 6) is -2.77. The molecule has 0 amide bonds. The molecule has 1 aromatic carbocycles. The number of pyridine rings is 1. The van der Waals surface area contributed by atoms with Gasteiger partial charge in [0.2, 0.25) is 0 Å². The molecule has 7 heteroatoms. The van der Waals surface area contributed by atoms with Crippen LogP contribution in [0.5, 0.6) is 0 Å². The third-order valence-electron chi connectivity index (χ3n) is 3.02. The van der Waals surface area contributed by atoms with E-state index in [9.17, 15) is 18.4 Å². The van der Waals surface area contributed by atoms with Crippen LogP contribution >= 0.6 is 0 Å². The van der Waals surface area contributed by atoms with E-state index in [1.165, 1.54) is 16.7 Å². The maximum absolute atomic E-state index is 13.5. The molecule has 0 bridgehead atoms. The Morgan fingerprint density at radius 2 is 1.81 bits per heavy atom. The standard InChI is InChI=1S/C14H9F2N3O2/c15-9-4-3-5-10(16)13(9)11(20)8-19-14(21)18-7-2-1-6-12(18)17-19/h1-7H,8H2. The molecule has 0 aliphatic rings. The molecule has 0 saturated heterocycles. The summed E-state index contributed by atoms with van der Waals surface area (Å²) < 4.78 is 29.2. The fourth-order valence-corrected chi connectivity index (χ4v) is 2.05. The molecule has 0 atom stereocenters. The number of Topliss-reactive ketones (excluding diaryl/α,β-unsaturated/α-hetero) is 1. The molecule has 2 heterocycles. The van der Waals surface area contributed by atoms with Crippen molar-refractivity contribution in [2.75, 3.05) is 0 Å². The lowest BCUT2D eigenvalue weighted by molar-refractivity contribution is 0.0958. The Morgan fingerprint density at radius 1 is 1.10 bits per heavy atom. The highest BCUT2D eigenvalue weighted by Crippen LogP contribution is 2.13. The molecule has 0 aliphatic heterocycles. The Kier molecular flexibility index (Phi) is 3.09. The van der Waals surface area contributed by atoms with Crippen molar-refractivity contribution in [1.29, 1.82) is 0 Å². The molecule has 2 aromatic heterocycles. The van der Waals surface area contributed by atoms with Gasteiger partial charge in [0, 0.05) is 6.20 Å². The molecule has 3 rings (SSSR count). The number of hydrogen-bond acceptors (Lipinski definition) is 3. The van der Waals surface area contributed by atoms with Crippen LogP contribution in [0.25, 0.3) is 5.65 Å². The molecular weight excluding hydrogens is 280 g/mol. The van der Waals surface area contributed by atoms with Crippen molar-refractivity contribution in [2.24, 2.45) is 0 Å². The summed E-state index contributed by atoms with van der Waals surface area (Å²) in [6.45, 7) is -0.529. The number of ketones is 1. The van der Waals surface area contributed by atoms with Crippen LogP contribution in [0.3, 0.4) is 0 Å². The molecule has 106 valence electrons. The average molecular weight is 289 g/mol. The molecule has 5 nitrogen and oxygen atoms in total. The second kappa shape index (κ2) is 4.93. The van der Waals surface area contributed by atoms with Gasteiger partial charge in [0.15, 0.2) is 11.4 Å². The maximum Gasteiger partial charge on any atom is 0.350 e.